The van der Waals surface area contributed by atoms with Crippen LogP contribution in [0.5, 0.6) is 0 Å². The fourth-order valence-electron chi connectivity index (χ4n) is 2.31. The minimum Gasteiger partial charge on any atom is -0.480 e. The van der Waals surface area contributed by atoms with E-state index >= 15 is 0 Å². The molecule has 0 aromatic carbocycles. The van der Waals surface area contributed by atoms with Gasteiger partial charge in [0, 0.05) is 18.6 Å². The van der Waals surface area contributed by atoms with Gasteiger partial charge in [-0.25, -0.2) is 8.42 Å². The molecule has 0 spiro atoms. The molecule has 0 radical (unpaired) electrons. The number of rotatable bonds is 5. The van der Waals surface area contributed by atoms with Gasteiger partial charge in [-0.3, -0.25) is 4.79 Å². The highest BCUT2D eigenvalue weighted by molar-refractivity contribution is 7.89. The third-order valence-corrected chi connectivity index (χ3v) is 5.01. The summed E-state index contributed by atoms with van der Waals surface area (Å²) in [6, 6.07) is 0.0521. The van der Waals surface area contributed by atoms with Crippen molar-refractivity contribution in [1.82, 2.24) is 4.31 Å². The summed E-state index contributed by atoms with van der Waals surface area (Å²) in [5.74, 6) is -2.14. The van der Waals surface area contributed by atoms with E-state index in [4.69, 9.17) is 10.8 Å². The van der Waals surface area contributed by atoms with Crippen molar-refractivity contribution in [3.8, 4) is 0 Å². The van der Waals surface area contributed by atoms with Crippen molar-refractivity contribution >= 4 is 16.0 Å². The minimum atomic E-state index is -3.70. The van der Waals surface area contributed by atoms with Crippen molar-refractivity contribution in [3.63, 3.8) is 0 Å². The molecule has 0 unspecified atom stereocenters. The number of hydrogen-bond donors (Lipinski definition) is 2. The third-order valence-electron chi connectivity index (χ3n) is 3.12. The van der Waals surface area contributed by atoms with Gasteiger partial charge in [0.05, 0.1) is 0 Å². The summed E-state index contributed by atoms with van der Waals surface area (Å²) in [4.78, 5) is 10.5. The number of hydrogen-bond acceptors (Lipinski definition) is 4. The topological polar surface area (TPSA) is 101 Å². The van der Waals surface area contributed by atoms with E-state index in [1.54, 1.807) is 6.92 Å². The van der Waals surface area contributed by atoms with Gasteiger partial charge in [-0.2, -0.15) is 4.31 Å². The second-order valence-electron chi connectivity index (χ2n) is 4.42. The molecule has 0 amide bonds. The molecule has 7 heteroatoms. The second kappa shape index (κ2) is 5.79. The fraction of sp³-hybridized carbons (Fsp3) is 0.900. The lowest BCUT2D eigenvalue weighted by Crippen LogP contribution is -2.45. The van der Waals surface area contributed by atoms with Crippen molar-refractivity contribution in [2.24, 2.45) is 5.73 Å². The van der Waals surface area contributed by atoms with Crippen LogP contribution in [-0.2, 0) is 14.8 Å². The Bertz CT molecular complexity index is 361. The molecule has 17 heavy (non-hydrogen) atoms. The third kappa shape index (κ3) is 3.93. The van der Waals surface area contributed by atoms with E-state index in [-0.39, 0.29) is 12.1 Å². The standard InChI is InChI=1S/C10H20N2O4S/c1-2-12(17(15,16)7-10(13)14)9-5-3-8(11)4-6-9/h8-9H,2-7,11H2,1H3,(H,13,14). The first-order chi connectivity index (χ1) is 7.86. The fourth-order valence-corrected chi connectivity index (χ4v) is 3.85. The van der Waals surface area contributed by atoms with Gasteiger partial charge in [0.1, 0.15) is 0 Å². The SMILES string of the molecule is CCN(C1CCC(N)CC1)S(=O)(=O)CC(=O)O. The summed E-state index contributed by atoms with van der Waals surface area (Å²) in [6.45, 7) is 2.05. The van der Waals surface area contributed by atoms with Gasteiger partial charge < -0.3 is 10.8 Å². The molecule has 1 rings (SSSR count). The van der Waals surface area contributed by atoms with Gasteiger partial charge in [-0.05, 0) is 25.7 Å². The normalized spacial score (nSPS) is 26.1. The highest BCUT2D eigenvalue weighted by Crippen LogP contribution is 2.24. The van der Waals surface area contributed by atoms with Crippen molar-refractivity contribution in [2.45, 2.75) is 44.7 Å². The zero-order valence-corrected chi connectivity index (χ0v) is 10.8. The average molecular weight is 264 g/mol. The molecule has 0 aromatic rings. The molecule has 100 valence electrons. The van der Waals surface area contributed by atoms with Gasteiger partial charge in [0.2, 0.25) is 10.0 Å². The number of carbonyl (C=O) groups is 1. The van der Waals surface area contributed by atoms with Gasteiger partial charge in [-0.15, -0.1) is 0 Å². The summed E-state index contributed by atoms with van der Waals surface area (Å²) in [5.41, 5.74) is 5.77. The van der Waals surface area contributed by atoms with E-state index in [9.17, 15) is 13.2 Å². The quantitative estimate of drug-likeness (QED) is 0.727. The van der Waals surface area contributed by atoms with E-state index in [2.05, 4.69) is 0 Å². The molecular weight excluding hydrogens is 244 g/mol. The summed E-state index contributed by atoms with van der Waals surface area (Å²) >= 11 is 0. The Morgan fingerprint density at radius 2 is 1.88 bits per heavy atom. The van der Waals surface area contributed by atoms with Crippen LogP contribution in [0.2, 0.25) is 0 Å². The molecule has 0 heterocycles. The first kappa shape index (κ1) is 14.4. The molecule has 0 bridgehead atoms. The van der Waals surface area contributed by atoms with Gasteiger partial charge in [-0.1, -0.05) is 6.92 Å². The lowest BCUT2D eigenvalue weighted by atomic mass is 9.92. The summed E-state index contributed by atoms with van der Waals surface area (Å²) < 4.78 is 25.0. The Kier molecular flexibility index (Phi) is 4.91. The Labute approximate surface area is 102 Å². The smallest absolute Gasteiger partial charge is 0.320 e. The van der Waals surface area contributed by atoms with E-state index in [1.807, 2.05) is 0 Å². The molecular formula is C10H20N2O4S. The number of nitrogens with two attached hydrogens (primary N) is 1. The molecule has 0 saturated heterocycles. The predicted molar refractivity (Wildman–Crippen MR) is 64.0 cm³/mol. The summed E-state index contributed by atoms with van der Waals surface area (Å²) in [6.07, 6.45) is 3.02. The highest BCUT2D eigenvalue weighted by atomic mass is 32.2. The molecule has 1 saturated carbocycles. The molecule has 0 aliphatic heterocycles. The Morgan fingerprint density at radius 3 is 2.29 bits per heavy atom. The Hall–Kier alpha value is -0.660. The van der Waals surface area contributed by atoms with E-state index in [0.717, 1.165) is 12.8 Å². The summed E-state index contributed by atoms with van der Waals surface area (Å²) in [5, 5.41) is 8.61. The number of nitrogens with zero attached hydrogens (tertiary/aromatic N) is 1. The maximum absolute atomic E-state index is 11.9. The van der Waals surface area contributed by atoms with Crippen LogP contribution in [-0.4, -0.2) is 48.2 Å². The Morgan fingerprint density at radius 1 is 1.35 bits per heavy atom. The number of carboxylic acids is 1. The van der Waals surface area contributed by atoms with Crippen LogP contribution in [0.25, 0.3) is 0 Å². The van der Waals surface area contributed by atoms with Crippen molar-refractivity contribution < 1.29 is 18.3 Å². The number of carboxylic acid groups (broad SMARTS) is 1. The van der Waals surface area contributed by atoms with Crippen LogP contribution in [0.15, 0.2) is 0 Å². The highest BCUT2D eigenvalue weighted by Gasteiger charge is 2.32. The molecule has 0 aromatic heterocycles. The van der Waals surface area contributed by atoms with Gasteiger partial charge >= 0.3 is 5.97 Å². The number of sulfonamides is 1. The maximum Gasteiger partial charge on any atom is 0.320 e. The largest absolute Gasteiger partial charge is 0.480 e. The predicted octanol–water partition coefficient (Wildman–Crippen LogP) is -0.00740. The monoisotopic (exact) mass is 264 g/mol. The molecule has 1 fully saturated rings. The van der Waals surface area contributed by atoms with Crippen LogP contribution in [0, 0.1) is 0 Å². The van der Waals surface area contributed by atoms with Crippen LogP contribution in [0.3, 0.4) is 0 Å². The first-order valence-electron chi connectivity index (χ1n) is 5.83. The first-order valence-corrected chi connectivity index (χ1v) is 7.44. The lowest BCUT2D eigenvalue weighted by Gasteiger charge is -2.34. The zero-order chi connectivity index (χ0) is 13.1. The molecule has 0 atom stereocenters. The van der Waals surface area contributed by atoms with Gasteiger partial charge in [0.25, 0.3) is 0 Å². The number of aliphatic carboxylic acids is 1. The molecule has 3 N–H and O–H groups in total. The lowest BCUT2D eigenvalue weighted by molar-refractivity contribution is -0.134. The van der Waals surface area contributed by atoms with Gasteiger partial charge in [0.15, 0.2) is 5.75 Å². The second-order valence-corrected chi connectivity index (χ2v) is 6.34. The van der Waals surface area contributed by atoms with Crippen LogP contribution >= 0.6 is 0 Å². The van der Waals surface area contributed by atoms with E-state index in [1.165, 1.54) is 4.31 Å². The van der Waals surface area contributed by atoms with Crippen LogP contribution in [0.1, 0.15) is 32.6 Å². The molecule has 1 aliphatic carbocycles. The van der Waals surface area contributed by atoms with E-state index < -0.39 is 21.7 Å². The van der Waals surface area contributed by atoms with Crippen molar-refractivity contribution in [1.29, 1.82) is 0 Å². The van der Waals surface area contributed by atoms with Crippen molar-refractivity contribution in [2.75, 3.05) is 12.3 Å². The van der Waals surface area contributed by atoms with Crippen LogP contribution in [0.4, 0.5) is 0 Å². The van der Waals surface area contributed by atoms with Crippen molar-refractivity contribution in [3.05, 3.63) is 0 Å². The molecule has 6 nitrogen and oxygen atoms in total. The average Bonchev–Trinajstić information content (AvgIpc) is 2.19. The molecule has 1 aliphatic rings. The Balaban J connectivity index is 2.74. The summed E-state index contributed by atoms with van der Waals surface area (Å²) in [7, 11) is -3.70. The zero-order valence-electron chi connectivity index (χ0n) is 10.0. The maximum atomic E-state index is 11.9. The van der Waals surface area contributed by atoms with Crippen LogP contribution < -0.4 is 5.73 Å². The van der Waals surface area contributed by atoms with E-state index in [0.29, 0.717) is 19.4 Å². The minimum absolute atomic E-state index is 0.0934.